The molecule has 4 heteroatoms. The zero-order valence-electron chi connectivity index (χ0n) is 9.54. The SMILES string of the molecule is CC(C)(C)OC(=O)NC[C@@H]1CC[C@H]1C#N. The number of nitrogens with one attached hydrogen (secondary N) is 1. The smallest absolute Gasteiger partial charge is 0.407 e. The summed E-state index contributed by atoms with van der Waals surface area (Å²) < 4.78 is 5.09. The summed E-state index contributed by atoms with van der Waals surface area (Å²) in [5, 5.41) is 11.4. The van der Waals surface area contributed by atoms with Crippen LogP contribution in [0.4, 0.5) is 4.79 Å². The van der Waals surface area contributed by atoms with Crippen molar-refractivity contribution < 1.29 is 9.53 Å². The van der Waals surface area contributed by atoms with Crippen molar-refractivity contribution in [2.75, 3.05) is 6.54 Å². The first-order valence-electron chi connectivity index (χ1n) is 5.29. The van der Waals surface area contributed by atoms with Gasteiger partial charge in [0.1, 0.15) is 5.60 Å². The molecule has 2 atom stereocenters. The number of rotatable bonds is 2. The van der Waals surface area contributed by atoms with Crippen molar-refractivity contribution in [2.24, 2.45) is 11.8 Å². The summed E-state index contributed by atoms with van der Waals surface area (Å²) in [4.78, 5) is 11.3. The Hall–Kier alpha value is -1.24. The molecule has 1 rings (SSSR count). The molecule has 1 aliphatic rings. The Morgan fingerprint density at radius 2 is 2.20 bits per heavy atom. The van der Waals surface area contributed by atoms with Gasteiger partial charge in [0, 0.05) is 6.54 Å². The van der Waals surface area contributed by atoms with Crippen LogP contribution in [0.15, 0.2) is 0 Å². The molecule has 1 aliphatic carbocycles. The summed E-state index contributed by atoms with van der Waals surface area (Å²) in [5.41, 5.74) is -0.460. The molecule has 1 fully saturated rings. The van der Waals surface area contributed by atoms with E-state index in [1.54, 1.807) is 0 Å². The second-order valence-corrected chi connectivity index (χ2v) is 4.96. The van der Waals surface area contributed by atoms with Crippen LogP contribution in [0.1, 0.15) is 33.6 Å². The van der Waals surface area contributed by atoms with Crippen molar-refractivity contribution >= 4 is 6.09 Å². The highest BCUT2D eigenvalue weighted by Crippen LogP contribution is 2.32. The zero-order valence-corrected chi connectivity index (χ0v) is 9.54. The van der Waals surface area contributed by atoms with Crippen LogP contribution in [0.3, 0.4) is 0 Å². The van der Waals surface area contributed by atoms with E-state index >= 15 is 0 Å². The highest BCUT2D eigenvalue weighted by molar-refractivity contribution is 5.67. The predicted molar refractivity (Wildman–Crippen MR) is 56.1 cm³/mol. The Bertz CT molecular complexity index is 275. The van der Waals surface area contributed by atoms with Crippen LogP contribution < -0.4 is 5.32 Å². The standard InChI is InChI=1S/C11H18N2O2/c1-11(2,3)15-10(14)13-7-9-5-4-8(9)6-12/h8-9H,4-5,7H2,1-3H3,(H,13,14)/t8-,9-/m0/s1. The van der Waals surface area contributed by atoms with Gasteiger partial charge in [0.25, 0.3) is 0 Å². The van der Waals surface area contributed by atoms with Gasteiger partial charge in [-0.15, -0.1) is 0 Å². The lowest BCUT2D eigenvalue weighted by atomic mass is 9.74. The van der Waals surface area contributed by atoms with Crippen LogP contribution in [0.25, 0.3) is 0 Å². The molecule has 15 heavy (non-hydrogen) atoms. The lowest BCUT2D eigenvalue weighted by Gasteiger charge is -2.31. The Kier molecular flexibility index (Phi) is 3.57. The Balaban J connectivity index is 2.21. The first-order chi connectivity index (χ1) is 6.92. The number of amides is 1. The predicted octanol–water partition coefficient (Wildman–Crippen LogP) is 2.06. The average molecular weight is 210 g/mol. The van der Waals surface area contributed by atoms with Gasteiger partial charge in [-0.05, 0) is 39.5 Å². The van der Waals surface area contributed by atoms with Crippen LogP contribution in [-0.2, 0) is 4.74 Å². The van der Waals surface area contributed by atoms with Gasteiger partial charge in [-0.1, -0.05) is 0 Å². The maximum Gasteiger partial charge on any atom is 0.407 e. The van der Waals surface area contributed by atoms with E-state index in [4.69, 9.17) is 10.00 Å². The Labute approximate surface area is 90.6 Å². The topological polar surface area (TPSA) is 62.1 Å². The highest BCUT2D eigenvalue weighted by Gasteiger charge is 2.31. The third-order valence-corrected chi connectivity index (χ3v) is 2.49. The van der Waals surface area contributed by atoms with Gasteiger partial charge in [0.05, 0.1) is 12.0 Å². The number of alkyl carbamates (subject to hydrolysis) is 1. The van der Waals surface area contributed by atoms with E-state index in [0.29, 0.717) is 12.5 Å². The van der Waals surface area contributed by atoms with Gasteiger partial charge in [-0.25, -0.2) is 4.79 Å². The average Bonchev–Trinajstić information content (AvgIpc) is 1.99. The normalized spacial score (nSPS) is 24.9. The number of carbonyl (C=O) groups is 1. The van der Waals surface area contributed by atoms with Gasteiger partial charge in [0.2, 0.25) is 0 Å². The highest BCUT2D eigenvalue weighted by atomic mass is 16.6. The van der Waals surface area contributed by atoms with Crippen LogP contribution >= 0.6 is 0 Å². The number of hydrogen-bond donors (Lipinski definition) is 1. The number of ether oxygens (including phenoxy) is 1. The van der Waals surface area contributed by atoms with Crippen LogP contribution in [0.5, 0.6) is 0 Å². The Morgan fingerprint density at radius 3 is 2.60 bits per heavy atom. The Morgan fingerprint density at radius 1 is 1.53 bits per heavy atom. The van der Waals surface area contributed by atoms with Gasteiger partial charge in [-0.3, -0.25) is 0 Å². The minimum atomic E-state index is -0.460. The molecule has 0 unspecified atom stereocenters. The van der Waals surface area contributed by atoms with E-state index < -0.39 is 11.7 Å². The molecule has 0 heterocycles. The summed E-state index contributed by atoms with van der Waals surface area (Å²) in [6, 6.07) is 2.23. The molecule has 0 radical (unpaired) electrons. The summed E-state index contributed by atoms with van der Waals surface area (Å²) in [5.74, 6) is 0.419. The van der Waals surface area contributed by atoms with Crippen molar-refractivity contribution in [1.82, 2.24) is 5.32 Å². The molecule has 1 N–H and O–H groups in total. The van der Waals surface area contributed by atoms with Crippen molar-refractivity contribution in [1.29, 1.82) is 5.26 Å². The van der Waals surface area contributed by atoms with Gasteiger partial charge in [0.15, 0.2) is 0 Å². The van der Waals surface area contributed by atoms with E-state index in [9.17, 15) is 4.79 Å². The van der Waals surface area contributed by atoms with E-state index in [0.717, 1.165) is 12.8 Å². The van der Waals surface area contributed by atoms with Crippen LogP contribution in [-0.4, -0.2) is 18.2 Å². The van der Waals surface area contributed by atoms with E-state index in [1.807, 2.05) is 20.8 Å². The molecule has 84 valence electrons. The number of carbonyl (C=O) groups excluding carboxylic acids is 1. The first kappa shape index (κ1) is 11.8. The van der Waals surface area contributed by atoms with E-state index in [-0.39, 0.29) is 5.92 Å². The van der Waals surface area contributed by atoms with Crippen molar-refractivity contribution in [3.05, 3.63) is 0 Å². The zero-order chi connectivity index (χ0) is 11.5. The van der Waals surface area contributed by atoms with E-state index in [1.165, 1.54) is 0 Å². The minimum Gasteiger partial charge on any atom is -0.444 e. The molecule has 0 bridgehead atoms. The number of nitriles is 1. The number of hydrogen-bond acceptors (Lipinski definition) is 3. The fourth-order valence-electron chi connectivity index (χ4n) is 1.51. The lowest BCUT2D eigenvalue weighted by Crippen LogP contribution is -2.39. The van der Waals surface area contributed by atoms with Gasteiger partial charge >= 0.3 is 6.09 Å². The maximum atomic E-state index is 11.3. The second kappa shape index (κ2) is 4.52. The molecular weight excluding hydrogens is 192 g/mol. The molecule has 4 nitrogen and oxygen atoms in total. The van der Waals surface area contributed by atoms with E-state index in [2.05, 4.69) is 11.4 Å². The molecule has 1 saturated carbocycles. The quantitative estimate of drug-likeness (QED) is 0.758. The molecule has 0 aliphatic heterocycles. The summed E-state index contributed by atoms with van der Waals surface area (Å²) in [6.45, 7) is 6.03. The number of nitrogens with zero attached hydrogens (tertiary/aromatic N) is 1. The van der Waals surface area contributed by atoms with Crippen LogP contribution in [0.2, 0.25) is 0 Å². The van der Waals surface area contributed by atoms with Crippen molar-refractivity contribution in [3.8, 4) is 6.07 Å². The first-order valence-corrected chi connectivity index (χ1v) is 5.29. The summed E-state index contributed by atoms with van der Waals surface area (Å²) >= 11 is 0. The molecule has 0 saturated heterocycles. The summed E-state index contributed by atoms with van der Waals surface area (Å²) in [6.07, 6.45) is 1.58. The van der Waals surface area contributed by atoms with Crippen LogP contribution in [0, 0.1) is 23.2 Å². The van der Waals surface area contributed by atoms with Gasteiger partial charge < -0.3 is 10.1 Å². The van der Waals surface area contributed by atoms with Crippen molar-refractivity contribution in [3.63, 3.8) is 0 Å². The largest absolute Gasteiger partial charge is 0.444 e. The maximum absolute atomic E-state index is 11.3. The minimum absolute atomic E-state index is 0.111. The lowest BCUT2D eigenvalue weighted by molar-refractivity contribution is 0.0502. The van der Waals surface area contributed by atoms with Crippen molar-refractivity contribution in [2.45, 2.75) is 39.2 Å². The third-order valence-electron chi connectivity index (χ3n) is 2.49. The molecule has 1 amide bonds. The fraction of sp³-hybridized carbons (Fsp3) is 0.818. The molecule has 0 spiro atoms. The summed E-state index contributed by atoms with van der Waals surface area (Å²) in [7, 11) is 0. The fourth-order valence-corrected chi connectivity index (χ4v) is 1.51. The molecule has 0 aromatic carbocycles. The third kappa shape index (κ3) is 3.78. The molecule has 0 aromatic rings. The molecular formula is C11H18N2O2. The second-order valence-electron chi connectivity index (χ2n) is 4.96. The monoisotopic (exact) mass is 210 g/mol. The van der Waals surface area contributed by atoms with Gasteiger partial charge in [-0.2, -0.15) is 5.26 Å². The molecule has 0 aromatic heterocycles.